The molecular weight excluding hydrogens is 374 g/mol. The Kier molecular flexibility index (Phi) is 4.96. The third-order valence-electron chi connectivity index (χ3n) is 5.39. The highest BCUT2D eigenvalue weighted by atomic mass is 35.5. The Bertz CT molecular complexity index is 985. The minimum atomic E-state index is -0.729. The number of carboxylic acid groups (broad SMARTS) is 1. The van der Waals surface area contributed by atoms with Crippen LogP contribution < -0.4 is 0 Å². The summed E-state index contributed by atoms with van der Waals surface area (Å²) in [7, 11) is 0. The highest BCUT2D eigenvalue weighted by Gasteiger charge is 2.40. The minimum absolute atomic E-state index is 0.541. The molecule has 6 heteroatoms. The summed E-state index contributed by atoms with van der Waals surface area (Å²) in [5.41, 5.74) is 3.26. The number of benzene rings is 2. The summed E-state index contributed by atoms with van der Waals surface area (Å²) in [6.45, 7) is 3.79. The van der Waals surface area contributed by atoms with Crippen molar-refractivity contribution in [2.45, 2.75) is 19.9 Å². The van der Waals surface area contributed by atoms with Crippen molar-refractivity contribution in [1.82, 2.24) is 14.7 Å². The van der Waals surface area contributed by atoms with E-state index in [0.29, 0.717) is 24.5 Å². The number of hydrogen-bond donors (Lipinski definition) is 1. The van der Waals surface area contributed by atoms with Crippen molar-refractivity contribution in [3.8, 4) is 16.9 Å². The molecule has 0 radical (unpaired) electrons. The van der Waals surface area contributed by atoms with E-state index in [4.69, 9.17) is 16.7 Å². The molecule has 1 N–H and O–H groups in total. The molecule has 3 aromatic rings. The summed E-state index contributed by atoms with van der Waals surface area (Å²) < 4.78 is 1.88. The van der Waals surface area contributed by atoms with Gasteiger partial charge < -0.3 is 5.11 Å². The van der Waals surface area contributed by atoms with E-state index in [1.807, 2.05) is 72.4 Å². The fraction of sp³-hybridized carbons (Fsp3) is 0.273. The molecule has 0 spiro atoms. The Hall–Kier alpha value is -2.63. The second-order valence-electron chi connectivity index (χ2n) is 7.62. The lowest BCUT2D eigenvalue weighted by atomic mass is 9.90. The molecule has 1 unspecified atom stereocenters. The van der Waals surface area contributed by atoms with Crippen LogP contribution in [0.25, 0.3) is 16.9 Å². The van der Waals surface area contributed by atoms with Crippen LogP contribution in [0.15, 0.2) is 60.8 Å². The zero-order chi connectivity index (χ0) is 19.7. The fourth-order valence-electron chi connectivity index (χ4n) is 3.70. The summed E-state index contributed by atoms with van der Waals surface area (Å²) in [5, 5.41) is 15.0. The molecule has 2 aromatic carbocycles. The topological polar surface area (TPSA) is 58.4 Å². The normalized spacial score (nSPS) is 19.8. The van der Waals surface area contributed by atoms with Gasteiger partial charge in [0.25, 0.3) is 0 Å². The number of para-hydroxylation sites is 1. The van der Waals surface area contributed by atoms with E-state index in [0.717, 1.165) is 29.1 Å². The van der Waals surface area contributed by atoms with Crippen LogP contribution in [0.1, 0.15) is 18.9 Å². The molecule has 0 bridgehead atoms. The summed E-state index contributed by atoms with van der Waals surface area (Å²) in [6, 6.07) is 17.6. The maximum atomic E-state index is 11.6. The van der Waals surface area contributed by atoms with Gasteiger partial charge in [-0.3, -0.25) is 9.69 Å². The second kappa shape index (κ2) is 7.41. The lowest BCUT2D eigenvalue weighted by molar-refractivity contribution is -0.147. The lowest BCUT2D eigenvalue weighted by Crippen LogP contribution is -2.31. The van der Waals surface area contributed by atoms with Gasteiger partial charge in [0, 0.05) is 35.4 Å². The van der Waals surface area contributed by atoms with E-state index in [-0.39, 0.29) is 0 Å². The SMILES string of the molecule is CC1(C(=O)O)CCN(Cc2cn(-c3ccccc3)nc2-c2ccc(Cl)cc2)C1. The van der Waals surface area contributed by atoms with E-state index in [1.54, 1.807) is 0 Å². The van der Waals surface area contributed by atoms with Gasteiger partial charge in [0.2, 0.25) is 0 Å². The molecule has 0 aliphatic carbocycles. The van der Waals surface area contributed by atoms with Gasteiger partial charge in [0.1, 0.15) is 0 Å². The molecule has 1 atom stereocenters. The molecule has 1 saturated heterocycles. The van der Waals surface area contributed by atoms with Gasteiger partial charge in [-0.15, -0.1) is 0 Å². The highest BCUT2D eigenvalue weighted by molar-refractivity contribution is 6.30. The van der Waals surface area contributed by atoms with Gasteiger partial charge in [-0.25, -0.2) is 4.68 Å². The first kappa shape index (κ1) is 18.7. The average Bonchev–Trinajstić information content (AvgIpc) is 3.28. The molecular formula is C22H22ClN3O2. The van der Waals surface area contributed by atoms with Crippen molar-refractivity contribution in [1.29, 1.82) is 0 Å². The summed E-state index contributed by atoms with van der Waals surface area (Å²) in [5.74, 6) is -0.729. The third-order valence-corrected chi connectivity index (χ3v) is 5.64. The lowest BCUT2D eigenvalue weighted by Gasteiger charge is -2.20. The number of hydrogen-bond acceptors (Lipinski definition) is 3. The van der Waals surface area contributed by atoms with Crippen molar-refractivity contribution >= 4 is 17.6 Å². The highest BCUT2D eigenvalue weighted by Crippen LogP contribution is 2.33. The van der Waals surface area contributed by atoms with Crippen molar-refractivity contribution in [2.24, 2.45) is 5.41 Å². The molecule has 5 nitrogen and oxygen atoms in total. The molecule has 4 rings (SSSR count). The standard InChI is InChI=1S/C22H22ClN3O2/c1-22(21(27)28)11-12-25(15-22)13-17-14-26(19-5-3-2-4-6-19)24-20(17)16-7-9-18(23)10-8-16/h2-10,14H,11-13,15H2,1H3,(H,27,28). The Morgan fingerprint density at radius 1 is 1.18 bits per heavy atom. The summed E-state index contributed by atoms with van der Waals surface area (Å²) >= 11 is 6.05. The van der Waals surface area contributed by atoms with Crippen molar-refractivity contribution < 1.29 is 9.90 Å². The molecule has 1 aliphatic rings. The Morgan fingerprint density at radius 3 is 2.54 bits per heavy atom. The van der Waals surface area contributed by atoms with Crippen LogP contribution in [0.3, 0.4) is 0 Å². The molecule has 2 heterocycles. The average molecular weight is 396 g/mol. The van der Waals surface area contributed by atoms with Crippen molar-refractivity contribution in [3.05, 3.63) is 71.4 Å². The fourth-order valence-corrected chi connectivity index (χ4v) is 3.82. The monoisotopic (exact) mass is 395 g/mol. The van der Waals surface area contributed by atoms with Crippen LogP contribution in [0.5, 0.6) is 0 Å². The quantitative estimate of drug-likeness (QED) is 0.691. The maximum Gasteiger partial charge on any atom is 0.310 e. The summed E-state index contributed by atoms with van der Waals surface area (Å²) in [4.78, 5) is 13.8. The molecule has 28 heavy (non-hydrogen) atoms. The number of rotatable bonds is 5. The predicted molar refractivity (Wildman–Crippen MR) is 110 cm³/mol. The van der Waals surface area contributed by atoms with Crippen molar-refractivity contribution in [3.63, 3.8) is 0 Å². The van der Waals surface area contributed by atoms with Gasteiger partial charge in [-0.1, -0.05) is 41.9 Å². The number of likely N-dealkylation sites (tertiary alicyclic amines) is 1. The van der Waals surface area contributed by atoms with Crippen LogP contribution in [-0.4, -0.2) is 38.8 Å². The van der Waals surface area contributed by atoms with Crippen LogP contribution in [0.4, 0.5) is 0 Å². The third kappa shape index (κ3) is 3.68. The number of aromatic nitrogens is 2. The second-order valence-corrected chi connectivity index (χ2v) is 8.05. The van der Waals surface area contributed by atoms with E-state index < -0.39 is 11.4 Å². The van der Waals surface area contributed by atoms with Crippen LogP contribution >= 0.6 is 11.6 Å². The molecule has 1 aromatic heterocycles. The number of carboxylic acids is 1. The first-order valence-electron chi connectivity index (χ1n) is 9.30. The smallest absolute Gasteiger partial charge is 0.310 e. The first-order valence-corrected chi connectivity index (χ1v) is 9.68. The minimum Gasteiger partial charge on any atom is -0.481 e. The maximum absolute atomic E-state index is 11.6. The van der Waals surface area contributed by atoms with Gasteiger partial charge in [0.15, 0.2) is 0 Å². The zero-order valence-electron chi connectivity index (χ0n) is 15.7. The zero-order valence-corrected chi connectivity index (χ0v) is 16.4. The van der Waals surface area contributed by atoms with Crippen molar-refractivity contribution in [2.75, 3.05) is 13.1 Å². The number of aliphatic carboxylic acids is 1. The number of halogens is 1. The van der Waals surface area contributed by atoms with E-state index in [1.165, 1.54) is 0 Å². The van der Waals surface area contributed by atoms with Crippen LogP contribution in [-0.2, 0) is 11.3 Å². The van der Waals surface area contributed by atoms with Gasteiger partial charge >= 0.3 is 5.97 Å². The molecule has 144 valence electrons. The Labute approximate surface area is 169 Å². The van der Waals surface area contributed by atoms with E-state index >= 15 is 0 Å². The number of nitrogens with zero attached hydrogens (tertiary/aromatic N) is 3. The Morgan fingerprint density at radius 2 is 1.89 bits per heavy atom. The summed E-state index contributed by atoms with van der Waals surface area (Å²) in [6.07, 6.45) is 2.70. The first-order chi connectivity index (χ1) is 13.4. The number of carbonyl (C=O) groups is 1. The predicted octanol–water partition coefficient (Wildman–Crippen LogP) is 4.49. The van der Waals surface area contributed by atoms with Gasteiger partial charge in [-0.05, 0) is 44.2 Å². The molecule has 1 fully saturated rings. The van der Waals surface area contributed by atoms with E-state index in [2.05, 4.69) is 4.90 Å². The van der Waals surface area contributed by atoms with Crippen LogP contribution in [0.2, 0.25) is 5.02 Å². The largest absolute Gasteiger partial charge is 0.481 e. The molecule has 0 saturated carbocycles. The van der Waals surface area contributed by atoms with Crippen LogP contribution in [0, 0.1) is 5.41 Å². The molecule has 0 amide bonds. The van der Waals surface area contributed by atoms with Gasteiger partial charge in [-0.2, -0.15) is 5.10 Å². The van der Waals surface area contributed by atoms with Gasteiger partial charge in [0.05, 0.1) is 16.8 Å². The van der Waals surface area contributed by atoms with E-state index in [9.17, 15) is 9.90 Å². The molecule has 1 aliphatic heterocycles. The Balaban J connectivity index is 1.68.